The SMILES string of the molecule is O=C(NCC1CN(c2ccc(C3C=CS(=O)(=O)CC3)cc2)C(=O)O1)C(Cl)Cl. The molecule has 0 aliphatic carbocycles. The number of alkyl halides is 2. The van der Waals surface area contributed by atoms with Crippen LogP contribution in [-0.2, 0) is 19.4 Å². The van der Waals surface area contributed by atoms with Crippen LogP contribution in [0.25, 0.3) is 0 Å². The maximum absolute atomic E-state index is 12.1. The normalized spacial score (nSPS) is 24.1. The molecule has 0 bridgehead atoms. The summed E-state index contributed by atoms with van der Waals surface area (Å²) < 4.78 is 28.2. The minimum absolute atomic E-state index is 0.0371. The lowest BCUT2D eigenvalue weighted by Crippen LogP contribution is -2.37. The molecule has 2 atom stereocenters. The summed E-state index contributed by atoms with van der Waals surface area (Å²) in [6.45, 7) is 0.408. The molecule has 0 saturated carbocycles. The largest absolute Gasteiger partial charge is 0.442 e. The number of halogens is 2. The molecule has 1 fully saturated rings. The van der Waals surface area contributed by atoms with Crippen molar-refractivity contribution in [2.75, 3.05) is 23.7 Å². The average Bonchev–Trinajstić information content (AvgIpc) is 3.00. The number of carbonyl (C=O) groups is 2. The Kier molecular flexibility index (Phi) is 5.98. The Labute approximate surface area is 167 Å². The smallest absolute Gasteiger partial charge is 0.414 e. The molecule has 2 amide bonds. The Hall–Kier alpha value is -1.77. The second kappa shape index (κ2) is 8.08. The molecule has 0 spiro atoms. The fraction of sp³-hybridized carbons (Fsp3) is 0.412. The molecule has 1 aromatic carbocycles. The van der Waals surface area contributed by atoms with Crippen molar-refractivity contribution in [3.05, 3.63) is 41.3 Å². The van der Waals surface area contributed by atoms with E-state index in [9.17, 15) is 18.0 Å². The summed E-state index contributed by atoms with van der Waals surface area (Å²) in [7, 11) is -3.07. The topological polar surface area (TPSA) is 92.8 Å². The van der Waals surface area contributed by atoms with Gasteiger partial charge in [0.2, 0.25) is 0 Å². The van der Waals surface area contributed by atoms with Crippen molar-refractivity contribution in [2.45, 2.75) is 23.3 Å². The van der Waals surface area contributed by atoms with Gasteiger partial charge in [-0.25, -0.2) is 13.2 Å². The van der Waals surface area contributed by atoms with Crippen molar-refractivity contribution in [1.29, 1.82) is 0 Å². The molecule has 1 aromatic rings. The van der Waals surface area contributed by atoms with E-state index in [1.54, 1.807) is 18.2 Å². The zero-order valence-electron chi connectivity index (χ0n) is 14.2. The van der Waals surface area contributed by atoms with Crippen LogP contribution in [0, 0.1) is 0 Å². The van der Waals surface area contributed by atoms with Crippen molar-refractivity contribution in [1.82, 2.24) is 5.32 Å². The Morgan fingerprint density at radius 3 is 2.59 bits per heavy atom. The van der Waals surface area contributed by atoms with Crippen molar-refractivity contribution in [3.8, 4) is 0 Å². The second-order valence-corrected chi connectivity index (χ2v) is 9.45. The maximum Gasteiger partial charge on any atom is 0.414 e. The van der Waals surface area contributed by atoms with E-state index in [0.717, 1.165) is 5.56 Å². The number of carbonyl (C=O) groups excluding carboxylic acids is 2. The molecule has 2 unspecified atom stereocenters. The van der Waals surface area contributed by atoms with E-state index in [0.29, 0.717) is 12.1 Å². The van der Waals surface area contributed by atoms with Crippen LogP contribution < -0.4 is 10.2 Å². The minimum Gasteiger partial charge on any atom is -0.442 e. The molecule has 0 radical (unpaired) electrons. The van der Waals surface area contributed by atoms with E-state index in [1.807, 2.05) is 12.1 Å². The molecule has 146 valence electrons. The van der Waals surface area contributed by atoms with E-state index in [-0.39, 0.29) is 24.8 Å². The zero-order valence-corrected chi connectivity index (χ0v) is 16.5. The van der Waals surface area contributed by atoms with Crippen LogP contribution in [-0.4, -0.2) is 50.2 Å². The third-order valence-corrected chi connectivity index (χ3v) is 6.21. The van der Waals surface area contributed by atoms with Crippen molar-refractivity contribution >= 4 is 50.7 Å². The lowest BCUT2D eigenvalue weighted by molar-refractivity contribution is -0.119. The summed E-state index contributed by atoms with van der Waals surface area (Å²) in [5.41, 5.74) is 1.65. The van der Waals surface area contributed by atoms with Gasteiger partial charge in [-0.2, -0.15) is 0 Å². The van der Waals surface area contributed by atoms with Crippen LogP contribution in [0.2, 0.25) is 0 Å². The number of nitrogens with one attached hydrogen (secondary N) is 1. The van der Waals surface area contributed by atoms with Crippen LogP contribution in [0.5, 0.6) is 0 Å². The van der Waals surface area contributed by atoms with Gasteiger partial charge in [-0.15, -0.1) is 0 Å². The molecule has 2 heterocycles. The number of sulfone groups is 1. The molecule has 2 aliphatic heterocycles. The fourth-order valence-corrected chi connectivity index (χ4v) is 4.28. The summed E-state index contributed by atoms with van der Waals surface area (Å²) in [4.78, 5) is 23.8. The van der Waals surface area contributed by atoms with E-state index >= 15 is 0 Å². The van der Waals surface area contributed by atoms with Gasteiger partial charge < -0.3 is 10.1 Å². The summed E-state index contributed by atoms with van der Waals surface area (Å²) in [6, 6.07) is 7.33. The van der Waals surface area contributed by atoms with Crippen molar-refractivity contribution < 1.29 is 22.7 Å². The summed E-state index contributed by atoms with van der Waals surface area (Å²) in [5.74, 6) is -0.373. The van der Waals surface area contributed by atoms with Gasteiger partial charge in [0.15, 0.2) is 14.7 Å². The first-order chi connectivity index (χ1) is 12.7. The highest BCUT2D eigenvalue weighted by Crippen LogP contribution is 2.29. The van der Waals surface area contributed by atoms with E-state index in [1.165, 1.54) is 10.3 Å². The lowest BCUT2D eigenvalue weighted by atomic mass is 9.96. The standard InChI is InChI=1S/C17H18Cl2N2O5S/c18-15(19)16(22)20-9-14-10-21(17(23)26-14)13-3-1-11(2-4-13)12-5-7-27(24,25)8-6-12/h1-5,7,12,14-15H,6,8-10H2,(H,20,22). The summed E-state index contributed by atoms with van der Waals surface area (Å²) in [6.07, 6.45) is 1.23. The van der Waals surface area contributed by atoms with Crippen molar-refractivity contribution in [3.63, 3.8) is 0 Å². The number of benzene rings is 1. The quantitative estimate of drug-likeness (QED) is 0.720. The fourth-order valence-electron chi connectivity index (χ4n) is 2.98. The lowest BCUT2D eigenvalue weighted by Gasteiger charge is -2.18. The second-order valence-electron chi connectivity index (χ2n) is 6.34. The first kappa shape index (κ1) is 20.0. The molecule has 1 saturated heterocycles. The van der Waals surface area contributed by atoms with Crippen LogP contribution in [0.4, 0.5) is 10.5 Å². The number of rotatable bonds is 5. The first-order valence-corrected chi connectivity index (χ1v) is 10.9. The summed E-state index contributed by atoms with van der Waals surface area (Å²) >= 11 is 10.9. The molecular formula is C17H18Cl2N2O5S. The van der Waals surface area contributed by atoms with Gasteiger partial charge in [0.05, 0.1) is 18.8 Å². The van der Waals surface area contributed by atoms with Gasteiger partial charge in [-0.1, -0.05) is 41.4 Å². The third-order valence-electron chi connectivity index (χ3n) is 4.44. The van der Waals surface area contributed by atoms with Crippen LogP contribution in [0.3, 0.4) is 0 Å². The third kappa shape index (κ3) is 4.94. The highest BCUT2D eigenvalue weighted by Gasteiger charge is 2.33. The number of amides is 2. The highest BCUT2D eigenvalue weighted by molar-refractivity contribution is 7.94. The zero-order chi connectivity index (χ0) is 19.6. The number of hydrogen-bond acceptors (Lipinski definition) is 5. The molecule has 3 rings (SSSR count). The number of cyclic esters (lactones) is 1. The Bertz CT molecular complexity index is 855. The number of hydrogen-bond donors (Lipinski definition) is 1. The predicted octanol–water partition coefficient (Wildman–Crippen LogP) is 2.35. The first-order valence-electron chi connectivity index (χ1n) is 8.30. The highest BCUT2D eigenvalue weighted by atomic mass is 35.5. The molecule has 10 heteroatoms. The molecule has 1 N–H and O–H groups in total. The molecule has 7 nitrogen and oxygen atoms in total. The van der Waals surface area contributed by atoms with Crippen molar-refractivity contribution in [2.24, 2.45) is 0 Å². The number of nitrogens with zero attached hydrogens (tertiary/aromatic N) is 1. The molecule has 27 heavy (non-hydrogen) atoms. The average molecular weight is 433 g/mol. The van der Waals surface area contributed by atoms with Gasteiger partial charge in [-0.05, 0) is 24.1 Å². The maximum atomic E-state index is 12.1. The van der Waals surface area contributed by atoms with E-state index in [2.05, 4.69) is 5.32 Å². The minimum atomic E-state index is -3.07. The molecule has 2 aliphatic rings. The monoisotopic (exact) mass is 432 g/mol. The Morgan fingerprint density at radius 2 is 2.00 bits per heavy atom. The van der Waals surface area contributed by atoms with Crippen LogP contribution in [0.15, 0.2) is 35.7 Å². The molecule has 0 aromatic heterocycles. The van der Waals surface area contributed by atoms with Gasteiger partial charge >= 0.3 is 6.09 Å². The van der Waals surface area contributed by atoms with E-state index in [4.69, 9.17) is 27.9 Å². The van der Waals surface area contributed by atoms with Gasteiger partial charge in [-0.3, -0.25) is 9.69 Å². The van der Waals surface area contributed by atoms with Crippen LogP contribution >= 0.6 is 23.2 Å². The number of anilines is 1. The number of ether oxygens (including phenoxy) is 1. The van der Waals surface area contributed by atoms with Gasteiger partial charge in [0.1, 0.15) is 6.10 Å². The predicted molar refractivity (Wildman–Crippen MR) is 103 cm³/mol. The van der Waals surface area contributed by atoms with Gasteiger partial charge in [0.25, 0.3) is 5.91 Å². The summed E-state index contributed by atoms with van der Waals surface area (Å²) in [5, 5.41) is 3.77. The van der Waals surface area contributed by atoms with Gasteiger partial charge in [0, 0.05) is 17.0 Å². The molecular weight excluding hydrogens is 415 g/mol. The van der Waals surface area contributed by atoms with E-state index < -0.39 is 32.8 Å². The Balaban J connectivity index is 1.62. The van der Waals surface area contributed by atoms with Crippen LogP contribution in [0.1, 0.15) is 17.9 Å². The number of allylic oxidation sites excluding steroid dienone is 1. The Morgan fingerprint density at radius 1 is 1.30 bits per heavy atom.